The van der Waals surface area contributed by atoms with Gasteiger partial charge in [0.1, 0.15) is 0 Å². The van der Waals surface area contributed by atoms with Gasteiger partial charge < -0.3 is 5.11 Å². The molecule has 0 unspecified atom stereocenters. The molecule has 0 rings (SSSR count). The first-order chi connectivity index (χ1) is 1.73. The fourth-order valence-corrected chi connectivity index (χ4v) is 0. The van der Waals surface area contributed by atoms with Gasteiger partial charge >= 0.3 is 37.7 Å². The van der Waals surface area contributed by atoms with Gasteiger partial charge in [0.25, 0.3) is 5.97 Å². The van der Waals surface area contributed by atoms with Crippen LogP contribution in [0.15, 0.2) is 0 Å². The van der Waals surface area contributed by atoms with Crippen LogP contribution in [0.2, 0.25) is 0 Å². The second kappa shape index (κ2) is 9.39. The minimum absolute atomic E-state index is 0. The summed E-state index contributed by atoms with van der Waals surface area (Å²) in [6, 6.07) is 0. The third kappa shape index (κ3) is 78.0. The third-order valence-electron chi connectivity index (χ3n) is 0. The molecular formula is C2H7CaClO2. The predicted octanol–water partition coefficient (Wildman–Crippen LogP) is -0.404. The number of carboxylic acid groups (broad SMARTS) is 1. The molecule has 0 saturated carbocycles. The van der Waals surface area contributed by atoms with E-state index in [1.165, 1.54) is 0 Å². The molecular weight excluding hydrogens is 132 g/mol. The van der Waals surface area contributed by atoms with E-state index in [9.17, 15) is 0 Å². The number of halogens is 1. The maximum atomic E-state index is 9.00. The van der Waals surface area contributed by atoms with Gasteiger partial charge in [-0.15, -0.1) is 12.4 Å². The van der Waals surface area contributed by atoms with Crippen LogP contribution in [0.5, 0.6) is 0 Å². The summed E-state index contributed by atoms with van der Waals surface area (Å²) >= 11 is 0. The van der Waals surface area contributed by atoms with Crippen molar-refractivity contribution in [1.29, 1.82) is 0 Å². The van der Waals surface area contributed by atoms with Gasteiger partial charge in [-0.25, -0.2) is 0 Å². The van der Waals surface area contributed by atoms with E-state index in [0.29, 0.717) is 0 Å². The van der Waals surface area contributed by atoms with Gasteiger partial charge in [-0.3, -0.25) is 4.79 Å². The molecule has 0 heterocycles. The SMILES string of the molecule is CC(=O)O.Cl.[CaH2]. The molecule has 0 aromatic rings. The van der Waals surface area contributed by atoms with Crippen molar-refractivity contribution in [3.8, 4) is 0 Å². The summed E-state index contributed by atoms with van der Waals surface area (Å²) in [6.45, 7) is 1.08. The van der Waals surface area contributed by atoms with Crippen molar-refractivity contribution in [1.82, 2.24) is 0 Å². The van der Waals surface area contributed by atoms with Gasteiger partial charge in [0, 0.05) is 6.92 Å². The van der Waals surface area contributed by atoms with E-state index in [0.717, 1.165) is 6.92 Å². The summed E-state index contributed by atoms with van der Waals surface area (Å²) in [5.74, 6) is -0.833. The Hall–Kier alpha value is 1.02. The first-order valence-corrected chi connectivity index (χ1v) is 0.928. The first kappa shape index (κ1) is 15.7. The van der Waals surface area contributed by atoms with Crippen LogP contribution in [-0.4, -0.2) is 48.8 Å². The van der Waals surface area contributed by atoms with Gasteiger partial charge in [-0.05, 0) is 0 Å². The topological polar surface area (TPSA) is 37.3 Å². The van der Waals surface area contributed by atoms with E-state index in [1.54, 1.807) is 0 Å². The van der Waals surface area contributed by atoms with Crippen molar-refractivity contribution in [2.75, 3.05) is 0 Å². The van der Waals surface area contributed by atoms with Gasteiger partial charge in [-0.2, -0.15) is 0 Å². The van der Waals surface area contributed by atoms with Crippen LogP contribution in [0.25, 0.3) is 0 Å². The Morgan fingerprint density at radius 3 is 1.67 bits per heavy atom. The Labute approximate surface area is 72.3 Å². The van der Waals surface area contributed by atoms with Crippen molar-refractivity contribution >= 4 is 56.1 Å². The van der Waals surface area contributed by atoms with Crippen LogP contribution in [0, 0.1) is 0 Å². The summed E-state index contributed by atoms with van der Waals surface area (Å²) in [5, 5.41) is 7.42. The van der Waals surface area contributed by atoms with Gasteiger partial charge in [0.2, 0.25) is 0 Å². The molecule has 0 spiro atoms. The van der Waals surface area contributed by atoms with E-state index in [1.807, 2.05) is 0 Å². The quantitative estimate of drug-likeness (QED) is 0.463. The van der Waals surface area contributed by atoms with Crippen molar-refractivity contribution in [3.63, 3.8) is 0 Å². The van der Waals surface area contributed by atoms with Crippen LogP contribution in [0.3, 0.4) is 0 Å². The van der Waals surface area contributed by atoms with E-state index < -0.39 is 5.97 Å². The molecule has 0 amide bonds. The second-order valence-electron chi connectivity index (χ2n) is 0.519. The molecule has 0 aliphatic carbocycles. The molecule has 36 valence electrons. The second-order valence-corrected chi connectivity index (χ2v) is 0.519. The number of carbonyl (C=O) groups is 1. The summed E-state index contributed by atoms with van der Waals surface area (Å²) < 4.78 is 0. The Kier molecular flexibility index (Phi) is 24.6. The number of aliphatic carboxylic acids is 1. The third-order valence-corrected chi connectivity index (χ3v) is 0. The van der Waals surface area contributed by atoms with Crippen molar-refractivity contribution < 1.29 is 9.90 Å². The summed E-state index contributed by atoms with van der Waals surface area (Å²) in [6.07, 6.45) is 0. The Morgan fingerprint density at radius 1 is 1.67 bits per heavy atom. The van der Waals surface area contributed by atoms with Crippen molar-refractivity contribution in [2.24, 2.45) is 0 Å². The van der Waals surface area contributed by atoms with Crippen molar-refractivity contribution in [3.05, 3.63) is 0 Å². The molecule has 0 atom stereocenters. The van der Waals surface area contributed by atoms with Crippen LogP contribution in [0.1, 0.15) is 6.92 Å². The average molecular weight is 139 g/mol. The molecule has 0 aliphatic heterocycles. The van der Waals surface area contributed by atoms with E-state index in [4.69, 9.17) is 9.90 Å². The molecule has 2 nitrogen and oxygen atoms in total. The Bertz CT molecular complexity index is 34.5. The fourth-order valence-electron chi connectivity index (χ4n) is 0. The Morgan fingerprint density at radius 2 is 1.67 bits per heavy atom. The summed E-state index contributed by atoms with van der Waals surface area (Å²) in [7, 11) is 0. The van der Waals surface area contributed by atoms with Crippen LogP contribution >= 0.6 is 12.4 Å². The summed E-state index contributed by atoms with van der Waals surface area (Å²) in [4.78, 5) is 9.00. The molecule has 0 aliphatic rings. The molecule has 0 bridgehead atoms. The molecule has 6 heavy (non-hydrogen) atoms. The molecule has 0 saturated heterocycles. The van der Waals surface area contributed by atoms with Gasteiger partial charge in [0.05, 0.1) is 0 Å². The number of hydrogen-bond acceptors (Lipinski definition) is 1. The normalized spacial score (nSPS) is 4.17. The van der Waals surface area contributed by atoms with Crippen LogP contribution < -0.4 is 0 Å². The molecule has 0 aromatic heterocycles. The zero-order valence-electron chi connectivity index (χ0n) is 2.76. The zero-order chi connectivity index (χ0) is 3.58. The zero-order valence-corrected chi connectivity index (χ0v) is 3.58. The number of rotatable bonds is 0. The monoisotopic (exact) mass is 138 g/mol. The number of carboxylic acids is 1. The standard InChI is InChI=1S/C2H4O2.Ca.ClH.2H/c1-2(3)4;;;;/h1H3,(H,3,4);;1H;;. The fraction of sp³-hybridized carbons (Fsp3) is 0.500. The van der Waals surface area contributed by atoms with E-state index in [2.05, 4.69) is 0 Å². The predicted molar refractivity (Wildman–Crippen MR) is 29.1 cm³/mol. The molecule has 0 fully saturated rings. The van der Waals surface area contributed by atoms with Gasteiger partial charge in [-0.1, -0.05) is 0 Å². The Balaban J connectivity index is -0.0000000450. The summed E-state index contributed by atoms with van der Waals surface area (Å²) in [5.41, 5.74) is 0. The van der Waals surface area contributed by atoms with E-state index >= 15 is 0 Å². The molecule has 0 radical (unpaired) electrons. The van der Waals surface area contributed by atoms with E-state index in [-0.39, 0.29) is 50.1 Å². The molecule has 1 N–H and O–H groups in total. The first-order valence-electron chi connectivity index (χ1n) is 0.928. The molecule has 4 heteroatoms. The van der Waals surface area contributed by atoms with Crippen LogP contribution in [-0.2, 0) is 4.79 Å². The molecule has 0 aromatic carbocycles. The van der Waals surface area contributed by atoms with Crippen LogP contribution in [0.4, 0.5) is 0 Å². The number of hydrogen-bond donors (Lipinski definition) is 1. The van der Waals surface area contributed by atoms with Gasteiger partial charge in [0.15, 0.2) is 0 Å². The maximum absolute atomic E-state index is 9.00. The minimum atomic E-state index is -0.833. The van der Waals surface area contributed by atoms with Crippen molar-refractivity contribution in [2.45, 2.75) is 6.92 Å². The average Bonchev–Trinajstić information content (AvgIpc) is 0.811.